The van der Waals surface area contributed by atoms with Crippen LogP contribution in [0.5, 0.6) is 0 Å². The number of piperazine rings is 1. The minimum atomic E-state index is -0.347. The predicted octanol–water partition coefficient (Wildman–Crippen LogP) is 0.933. The van der Waals surface area contributed by atoms with Crippen LogP contribution in [0.2, 0.25) is 0 Å². The van der Waals surface area contributed by atoms with E-state index in [1.54, 1.807) is 0 Å². The van der Waals surface area contributed by atoms with Crippen molar-refractivity contribution in [3.63, 3.8) is 0 Å². The number of benzene rings is 1. The molecule has 106 valence electrons. The van der Waals surface area contributed by atoms with Crippen LogP contribution < -0.4 is 10.6 Å². The van der Waals surface area contributed by atoms with Gasteiger partial charge in [0, 0.05) is 37.8 Å². The van der Waals surface area contributed by atoms with Crippen LogP contribution in [-0.2, 0) is 9.59 Å². The quantitative estimate of drug-likeness (QED) is 0.800. The van der Waals surface area contributed by atoms with E-state index in [1.807, 2.05) is 36.1 Å². The number of para-hydroxylation sites is 1. The minimum absolute atomic E-state index is 0.0706. The Morgan fingerprint density at radius 2 is 2.15 bits per heavy atom. The minimum Gasteiger partial charge on any atom is -0.337 e. The largest absolute Gasteiger partial charge is 0.337 e. The Balaban J connectivity index is 1.89. The number of carbonyl (C=O) groups excluding carboxylic acids is 2. The maximum atomic E-state index is 12.8. The van der Waals surface area contributed by atoms with Gasteiger partial charge in [0.2, 0.25) is 11.8 Å². The van der Waals surface area contributed by atoms with Gasteiger partial charge in [-0.1, -0.05) is 18.2 Å². The third-order valence-electron chi connectivity index (χ3n) is 4.08. The molecule has 5 nitrogen and oxygen atoms in total. The van der Waals surface area contributed by atoms with Gasteiger partial charge in [-0.3, -0.25) is 9.59 Å². The summed E-state index contributed by atoms with van der Waals surface area (Å²) in [5, 5.41) is 6.11. The van der Waals surface area contributed by atoms with Crippen molar-refractivity contribution < 1.29 is 9.59 Å². The SMILES string of the molecule is C[C@@H]1CNCCN1C(=O)C1CC(=O)Nc2ccccc21. The molecule has 20 heavy (non-hydrogen) atoms. The molecule has 1 unspecified atom stereocenters. The van der Waals surface area contributed by atoms with Gasteiger partial charge < -0.3 is 15.5 Å². The number of hydrogen-bond acceptors (Lipinski definition) is 3. The van der Waals surface area contributed by atoms with Crippen molar-refractivity contribution in [1.29, 1.82) is 0 Å². The zero-order valence-electron chi connectivity index (χ0n) is 11.6. The molecular weight excluding hydrogens is 254 g/mol. The summed E-state index contributed by atoms with van der Waals surface area (Å²) in [6.45, 7) is 4.38. The predicted molar refractivity (Wildman–Crippen MR) is 76.5 cm³/mol. The molecule has 2 atom stereocenters. The normalized spacial score (nSPS) is 25.9. The van der Waals surface area contributed by atoms with Crippen LogP contribution >= 0.6 is 0 Å². The molecule has 0 spiro atoms. The number of rotatable bonds is 1. The zero-order valence-corrected chi connectivity index (χ0v) is 11.6. The Morgan fingerprint density at radius 1 is 1.35 bits per heavy atom. The second-order valence-corrected chi connectivity index (χ2v) is 5.48. The van der Waals surface area contributed by atoms with E-state index in [4.69, 9.17) is 0 Å². The Bertz CT molecular complexity index is 544. The van der Waals surface area contributed by atoms with Gasteiger partial charge in [-0.2, -0.15) is 0 Å². The lowest BCUT2D eigenvalue weighted by atomic mass is 9.89. The summed E-state index contributed by atoms with van der Waals surface area (Å²) in [7, 11) is 0. The van der Waals surface area contributed by atoms with Crippen LogP contribution in [0.15, 0.2) is 24.3 Å². The van der Waals surface area contributed by atoms with E-state index in [9.17, 15) is 9.59 Å². The summed E-state index contributed by atoms with van der Waals surface area (Å²) in [6, 6.07) is 7.75. The summed E-state index contributed by atoms with van der Waals surface area (Å²) in [5.41, 5.74) is 1.70. The fourth-order valence-corrected chi connectivity index (χ4v) is 3.00. The monoisotopic (exact) mass is 273 g/mol. The van der Waals surface area contributed by atoms with Crippen molar-refractivity contribution in [2.75, 3.05) is 25.0 Å². The molecule has 1 saturated heterocycles. The topological polar surface area (TPSA) is 61.4 Å². The van der Waals surface area contributed by atoms with Crippen molar-refractivity contribution in [2.24, 2.45) is 0 Å². The van der Waals surface area contributed by atoms with Gasteiger partial charge in [0.1, 0.15) is 0 Å². The molecule has 1 fully saturated rings. The Morgan fingerprint density at radius 3 is 2.95 bits per heavy atom. The average molecular weight is 273 g/mol. The highest BCUT2D eigenvalue weighted by atomic mass is 16.2. The smallest absolute Gasteiger partial charge is 0.231 e. The van der Waals surface area contributed by atoms with Crippen molar-refractivity contribution in [3.05, 3.63) is 29.8 Å². The maximum absolute atomic E-state index is 12.8. The second kappa shape index (κ2) is 5.25. The molecule has 2 aliphatic heterocycles. The Labute approximate surface area is 118 Å². The molecule has 0 bridgehead atoms. The number of hydrogen-bond donors (Lipinski definition) is 2. The van der Waals surface area contributed by atoms with E-state index >= 15 is 0 Å². The highest BCUT2D eigenvalue weighted by Gasteiger charge is 2.35. The van der Waals surface area contributed by atoms with Crippen molar-refractivity contribution in [2.45, 2.75) is 25.3 Å². The van der Waals surface area contributed by atoms with E-state index in [0.717, 1.165) is 24.3 Å². The van der Waals surface area contributed by atoms with E-state index in [1.165, 1.54) is 0 Å². The number of fused-ring (bicyclic) bond motifs is 1. The molecule has 0 saturated carbocycles. The molecule has 2 heterocycles. The highest BCUT2D eigenvalue weighted by Crippen LogP contribution is 2.33. The molecule has 2 N–H and O–H groups in total. The molecule has 2 amide bonds. The molecule has 1 aromatic carbocycles. The Hall–Kier alpha value is -1.88. The van der Waals surface area contributed by atoms with Crippen molar-refractivity contribution >= 4 is 17.5 Å². The number of amides is 2. The molecular formula is C15H19N3O2. The van der Waals surface area contributed by atoms with E-state index in [0.29, 0.717) is 6.54 Å². The average Bonchev–Trinajstić information content (AvgIpc) is 2.46. The number of carbonyl (C=O) groups is 2. The molecule has 0 radical (unpaired) electrons. The zero-order chi connectivity index (χ0) is 14.1. The van der Waals surface area contributed by atoms with Gasteiger partial charge in [-0.15, -0.1) is 0 Å². The van der Waals surface area contributed by atoms with Gasteiger partial charge in [0.15, 0.2) is 0 Å². The first-order valence-corrected chi connectivity index (χ1v) is 7.07. The highest BCUT2D eigenvalue weighted by molar-refractivity contribution is 6.01. The molecule has 5 heteroatoms. The van der Waals surface area contributed by atoms with Crippen LogP contribution in [0.25, 0.3) is 0 Å². The van der Waals surface area contributed by atoms with Gasteiger partial charge in [0.05, 0.1) is 5.92 Å². The third-order valence-corrected chi connectivity index (χ3v) is 4.08. The Kier molecular flexibility index (Phi) is 3.44. The third kappa shape index (κ3) is 2.29. The fraction of sp³-hybridized carbons (Fsp3) is 0.467. The summed E-state index contributed by atoms with van der Waals surface area (Å²) in [6.07, 6.45) is 0.243. The summed E-state index contributed by atoms with van der Waals surface area (Å²) in [4.78, 5) is 26.5. The van der Waals surface area contributed by atoms with Gasteiger partial charge in [0.25, 0.3) is 0 Å². The number of anilines is 1. The van der Waals surface area contributed by atoms with Crippen LogP contribution in [0.3, 0.4) is 0 Å². The van der Waals surface area contributed by atoms with Gasteiger partial charge in [-0.25, -0.2) is 0 Å². The van der Waals surface area contributed by atoms with Crippen LogP contribution in [0, 0.1) is 0 Å². The lowest BCUT2D eigenvalue weighted by Crippen LogP contribution is -2.54. The number of nitrogens with zero attached hydrogens (tertiary/aromatic N) is 1. The lowest BCUT2D eigenvalue weighted by molar-refractivity contribution is -0.137. The number of nitrogens with one attached hydrogen (secondary N) is 2. The summed E-state index contributed by atoms with van der Waals surface area (Å²) < 4.78 is 0. The molecule has 1 aromatic rings. The van der Waals surface area contributed by atoms with E-state index < -0.39 is 0 Å². The first-order valence-electron chi connectivity index (χ1n) is 7.07. The van der Waals surface area contributed by atoms with Gasteiger partial charge >= 0.3 is 0 Å². The molecule has 3 rings (SSSR count). The summed E-state index contributed by atoms with van der Waals surface area (Å²) >= 11 is 0. The summed E-state index contributed by atoms with van der Waals surface area (Å²) in [5.74, 6) is -0.355. The molecule has 0 aliphatic carbocycles. The van der Waals surface area contributed by atoms with E-state index in [2.05, 4.69) is 10.6 Å². The first-order chi connectivity index (χ1) is 9.66. The van der Waals surface area contributed by atoms with Crippen LogP contribution in [0.4, 0.5) is 5.69 Å². The maximum Gasteiger partial charge on any atom is 0.231 e. The molecule has 0 aromatic heterocycles. The first kappa shape index (κ1) is 13.1. The standard InChI is InChI=1S/C15H19N3O2/c1-10-9-16-6-7-18(10)15(20)12-8-14(19)17-13-5-3-2-4-11(12)13/h2-5,10,12,16H,6-9H2,1H3,(H,17,19)/t10-,12?/m1/s1. The molecule has 2 aliphatic rings. The van der Waals surface area contributed by atoms with Crippen molar-refractivity contribution in [1.82, 2.24) is 10.2 Å². The lowest BCUT2D eigenvalue weighted by Gasteiger charge is -2.37. The van der Waals surface area contributed by atoms with Crippen molar-refractivity contribution in [3.8, 4) is 0 Å². The fourth-order valence-electron chi connectivity index (χ4n) is 3.00. The van der Waals surface area contributed by atoms with E-state index in [-0.39, 0.29) is 30.2 Å². The van der Waals surface area contributed by atoms with Crippen LogP contribution in [0.1, 0.15) is 24.8 Å². The van der Waals surface area contributed by atoms with Gasteiger partial charge in [-0.05, 0) is 18.6 Å². The second-order valence-electron chi connectivity index (χ2n) is 5.48. The van der Waals surface area contributed by atoms with Crippen LogP contribution in [-0.4, -0.2) is 42.4 Å².